The third-order valence-corrected chi connectivity index (χ3v) is 8.45. The van der Waals surface area contributed by atoms with Crippen LogP contribution in [0.2, 0.25) is 0 Å². The number of amides is 2. The Morgan fingerprint density at radius 2 is 1.82 bits per heavy atom. The predicted molar refractivity (Wildman–Crippen MR) is 145 cm³/mol. The van der Waals surface area contributed by atoms with Crippen LogP contribution < -0.4 is 0 Å². The Morgan fingerprint density at radius 1 is 1.08 bits per heavy atom. The van der Waals surface area contributed by atoms with Crippen LogP contribution in [0.15, 0.2) is 41.0 Å². The highest BCUT2D eigenvalue weighted by Gasteiger charge is 2.56. The van der Waals surface area contributed by atoms with Gasteiger partial charge in [-0.05, 0) is 67.7 Å². The minimum atomic E-state index is -0.818. The molecule has 3 aliphatic rings. The summed E-state index contributed by atoms with van der Waals surface area (Å²) in [5.41, 5.74) is 4.91. The molecule has 1 aromatic carbocycles. The first-order valence-electron chi connectivity index (χ1n) is 14.1. The molecular formula is C31H41NO6. The average molecular weight is 524 g/mol. The number of hydrogen-bond donors (Lipinski definition) is 2. The summed E-state index contributed by atoms with van der Waals surface area (Å²) in [6, 6.07) is 7.21. The van der Waals surface area contributed by atoms with Gasteiger partial charge in [0.05, 0.1) is 24.5 Å². The number of phenolic OH excluding ortho intramolecular Hbond substituents is 1. The van der Waals surface area contributed by atoms with E-state index in [4.69, 9.17) is 9.84 Å². The summed E-state index contributed by atoms with van der Waals surface area (Å²) in [5, 5.41) is 18.4. The third-order valence-electron chi connectivity index (χ3n) is 8.45. The van der Waals surface area contributed by atoms with Gasteiger partial charge < -0.3 is 14.9 Å². The zero-order valence-electron chi connectivity index (χ0n) is 22.8. The summed E-state index contributed by atoms with van der Waals surface area (Å²) >= 11 is 0. The lowest BCUT2D eigenvalue weighted by Gasteiger charge is -2.33. The maximum Gasteiger partial charge on any atom is 0.303 e. The topological polar surface area (TPSA) is 104 Å². The van der Waals surface area contributed by atoms with Crippen molar-refractivity contribution in [3.8, 4) is 5.75 Å². The minimum absolute atomic E-state index is 0.0407. The summed E-state index contributed by atoms with van der Waals surface area (Å²) in [6.45, 7) is 7.33. The number of fused-ring (bicyclic) bond motifs is 3. The van der Waals surface area contributed by atoms with Crippen LogP contribution in [0, 0.1) is 23.7 Å². The zero-order chi connectivity index (χ0) is 27.4. The lowest BCUT2D eigenvalue weighted by atomic mass is 9.67. The average Bonchev–Trinajstić information content (AvgIpc) is 3.41. The Bertz CT molecular complexity index is 1100. The van der Waals surface area contributed by atoms with Crippen LogP contribution in [0.5, 0.6) is 5.75 Å². The van der Waals surface area contributed by atoms with E-state index in [0.717, 1.165) is 24.8 Å². The van der Waals surface area contributed by atoms with E-state index in [-0.39, 0.29) is 53.8 Å². The van der Waals surface area contributed by atoms with Gasteiger partial charge in [0.25, 0.3) is 0 Å². The molecule has 4 rings (SSSR count). The molecule has 0 saturated carbocycles. The number of carbonyl (C=O) groups is 3. The second kappa shape index (κ2) is 12.3. The normalized spacial score (nSPS) is 25.4. The largest absolute Gasteiger partial charge is 0.508 e. The molecular weight excluding hydrogens is 482 g/mol. The highest BCUT2D eigenvalue weighted by atomic mass is 16.5. The molecule has 4 atom stereocenters. The molecule has 1 aromatic rings. The van der Waals surface area contributed by atoms with Gasteiger partial charge in [-0.25, -0.2) is 0 Å². The van der Waals surface area contributed by atoms with Gasteiger partial charge in [0, 0.05) is 18.9 Å². The summed E-state index contributed by atoms with van der Waals surface area (Å²) < 4.78 is 6.35. The van der Waals surface area contributed by atoms with E-state index < -0.39 is 5.97 Å². The Labute approximate surface area is 225 Å². The summed E-state index contributed by atoms with van der Waals surface area (Å²) in [4.78, 5) is 39.0. The van der Waals surface area contributed by atoms with Crippen molar-refractivity contribution in [3.05, 3.63) is 46.5 Å². The number of carboxylic acids is 1. The van der Waals surface area contributed by atoms with Crippen molar-refractivity contribution in [2.75, 3.05) is 13.2 Å². The van der Waals surface area contributed by atoms with Crippen molar-refractivity contribution in [2.45, 2.75) is 78.2 Å². The van der Waals surface area contributed by atoms with E-state index in [0.29, 0.717) is 38.8 Å². The fraction of sp³-hybridized carbons (Fsp3) is 0.581. The van der Waals surface area contributed by atoms with Crippen molar-refractivity contribution in [2.24, 2.45) is 23.7 Å². The molecule has 38 heavy (non-hydrogen) atoms. The first-order valence-corrected chi connectivity index (χ1v) is 14.1. The van der Waals surface area contributed by atoms with Crippen LogP contribution >= 0.6 is 0 Å². The molecule has 2 heterocycles. The maximum atomic E-state index is 13.5. The van der Waals surface area contributed by atoms with Gasteiger partial charge in [0.1, 0.15) is 5.75 Å². The number of carboxylic acid groups (broad SMARTS) is 1. The first-order chi connectivity index (χ1) is 18.2. The number of carbonyl (C=O) groups excluding carboxylic acids is 2. The molecule has 0 radical (unpaired) electrons. The van der Waals surface area contributed by atoms with Crippen molar-refractivity contribution in [1.29, 1.82) is 0 Å². The van der Waals surface area contributed by atoms with Gasteiger partial charge in [0.15, 0.2) is 0 Å². The van der Waals surface area contributed by atoms with E-state index in [9.17, 15) is 19.5 Å². The predicted octanol–water partition coefficient (Wildman–Crippen LogP) is 5.58. The van der Waals surface area contributed by atoms with Gasteiger partial charge in [-0.2, -0.15) is 0 Å². The van der Waals surface area contributed by atoms with Gasteiger partial charge in [-0.15, -0.1) is 0 Å². The number of aromatic hydroxyl groups is 1. The fourth-order valence-corrected chi connectivity index (χ4v) is 6.44. The van der Waals surface area contributed by atoms with Crippen LogP contribution in [0.1, 0.15) is 77.7 Å². The van der Waals surface area contributed by atoms with Crippen molar-refractivity contribution in [3.63, 3.8) is 0 Å². The molecule has 0 spiro atoms. The van der Waals surface area contributed by atoms with Crippen molar-refractivity contribution >= 4 is 23.9 Å². The minimum Gasteiger partial charge on any atom is -0.508 e. The smallest absolute Gasteiger partial charge is 0.303 e. The molecule has 0 aromatic heterocycles. The summed E-state index contributed by atoms with van der Waals surface area (Å²) in [7, 11) is 0. The quantitative estimate of drug-likeness (QED) is 0.210. The van der Waals surface area contributed by atoms with E-state index in [1.165, 1.54) is 21.6 Å². The molecule has 7 heteroatoms. The molecule has 2 fully saturated rings. The second-order valence-corrected chi connectivity index (χ2v) is 11.2. The first kappa shape index (κ1) is 28.1. The Kier molecular flexibility index (Phi) is 9.08. The number of allylic oxidation sites excluding steroid dienone is 2. The summed E-state index contributed by atoms with van der Waals surface area (Å²) in [5.74, 6) is -1.12. The second-order valence-electron chi connectivity index (χ2n) is 11.2. The molecule has 2 saturated heterocycles. The standard InChI is InChI=1S/C31H41NO6/c1-4-20(16-21-9-12-22(33)13-10-21)11-14-26-28-23(19(2)3)17-24-29(25(28)18-38-26)31(37)32(30(24)36)15-7-5-6-8-27(34)35/h9-10,12-13,16,19,24-26,29,33H,4-8,11,14-15,17-18H2,1-3H3,(H,34,35)/b20-16+/t24-,25+,26-,29-/m1/s1. The van der Waals surface area contributed by atoms with Gasteiger partial charge in [0.2, 0.25) is 11.8 Å². The molecule has 2 N–H and O–H groups in total. The van der Waals surface area contributed by atoms with Gasteiger partial charge in [-0.1, -0.05) is 56.5 Å². The monoisotopic (exact) mass is 523 g/mol. The van der Waals surface area contributed by atoms with Crippen molar-refractivity contribution in [1.82, 2.24) is 4.90 Å². The molecule has 2 amide bonds. The molecule has 206 valence electrons. The highest BCUT2D eigenvalue weighted by molar-refractivity contribution is 6.06. The Morgan fingerprint density at radius 3 is 2.47 bits per heavy atom. The van der Waals surface area contributed by atoms with E-state index in [1.807, 2.05) is 12.1 Å². The molecule has 1 aliphatic carbocycles. The van der Waals surface area contributed by atoms with E-state index in [2.05, 4.69) is 26.8 Å². The van der Waals surface area contributed by atoms with Gasteiger partial charge in [-0.3, -0.25) is 19.3 Å². The van der Waals surface area contributed by atoms with Crippen LogP contribution in [-0.4, -0.2) is 52.2 Å². The lowest BCUT2D eigenvalue weighted by Crippen LogP contribution is -2.35. The van der Waals surface area contributed by atoms with Crippen LogP contribution in [0.25, 0.3) is 6.08 Å². The van der Waals surface area contributed by atoms with Gasteiger partial charge >= 0.3 is 5.97 Å². The van der Waals surface area contributed by atoms with Crippen LogP contribution in [-0.2, 0) is 19.1 Å². The number of rotatable bonds is 12. The maximum absolute atomic E-state index is 13.5. The van der Waals surface area contributed by atoms with E-state index in [1.54, 1.807) is 12.1 Å². The van der Waals surface area contributed by atoms with Crippen molar-refractivity contribution < 1.29 is 29.3 Å². The number of imide groups is 1. The zero-order valence-corrected chi connectivity index (χ0v) is 22.8. The fourth-order valence-electron chi connectivity index (χ4n) is 6.44. The number of phenols is 1. The molecule has 7 nitrogen and oxygen atoms in total. The number of benzene rings is 1. The Balaban J connectivity index is 1.46. The number of unbranched alkanes of at least 4 members (excludes halogenated alkanes) is 2. The number of likely N-dealkylation sites (tertiary alicyclic amines) is 1. The number of aliphatic carboxylic acids is 1. The number of hydrogen-bond acceptors (Lipinski definition) is 5. The van der Waals surface area contributed by atoms with Crippen LogP contribution in [0.3, 0.4) is 0 Å². The third kappa shape index (κ3) is 6.04. The molecule has 0 bridgehead atoms. The number of ether oxygens (including phenoxy) is 1. The molecule has 0 unspecified atom stereocenters. The van der Waals surface area contributed by atoms with Crippen LogP contribution in [0.4, 0.5) is 0 Å². The Hall–Kier alpha value is -2.93. The lowest BCUT2D eigenvalue weighted by molar-refractivity contribution is -0.141. The van der Waals surface area contributed by atoms with E-state index >= 15 is 0 Å². The molecule has 2 aliphatic heterocycles. The highest BCUT2D eigenvalue weighted by Crippen LogP contribution is 2.51. The number of nitrogens with zero attached hydrogens (tertiary/aromatic N) is 1. The SMILES string of the molecule is CC/C(=C\c1ccc(O)cc1)CC[C@H]1OC[C@H]2C1=C(C(C)C)C[C@H]1C(=O)N(CCCCCC(=O)O)C(=O)[C@H]12. The summed E-state index contributed by atoms with van der Waals surface area (Å²) in [6.07, 6.45) is 7.40.